The number of piperazine rings is 1. The van der Waals surface area contributed by atoms with Crippen molar-refractivity contribution >= 4 is 17.3 Å². The van der Waals surface area contributed by atoms with Crippen LogP contribution < -0.4 is 4.90 Å². The number of rotatable bonds is 2. The van der Waals surface area contributed by atoms with E-state index < -0.39 is 0 Å². The first-order valence-electron chi connectivity index (χ1n) is 7.54. The van der Waals surface area contributed by atoms with Gasteiger partial charge in [-0.1, -0.05) is 18.6 Å². The minimum atomic E-state index is -0.140. The van der Waals surface area contributed by atoms with E-state index >= 15 is 0 Å². The van der Waals surface area contributed by atoms with Crippen LogP contribution in [0.1, 0.15) is 31.7 Å². The molecule has 0 aliphatic carbocycles. The Bertz CT molecular complexity index is 480. The van der Waals surface area contributed by atoms with Crippen LogP contribution in [0.5, 0.6) is 0 Å². The number of hydrogen-bond donors (Lipinski definition) is 0. The Kier molecular flexibility index (Phi) is 4.18. The second kappa shape index (κ2) is 5.90. The minimum absolute atomic E-state index is 0.140. The van der Waals surface area contributed by atoms with Crippen LogP contribution in [0.3, 0.4) is 0 Å². The lowest BCUT2D eigenvalue weighted by Crippen LogP contribution is -2.59. The number of anilines is 1. The van der Waals surface area contributed by atoms with E-state index in [0.29, 0.717) is 18.0 Å². The number of alkyl halides is 1. The van der Waals surface area contributed by atoms with Gasteiger partial charge in [-0.2, -0.15) is 0 Å². The van der Waals surface area contributed by atoms with E-state index in [9.17, 15) is 4.39 Å². The van der Waals surface area contributed by atoms with Crippen LogP contribution in [0.4, 0.5) is 10.1 Å². The quantitative estimate of drug-likeness (QED) is 0.769. The summed E-state index contributed by atoms with van der Waals surface area (Å²) in [6.07, 6.45) is 3.83. The molecule has 2 nitrogen and oxygen atoms in total. The van der Waals surface area contributed by atoms with E-state index in [-0.39, 0.29) is 5.82 Å². The molecule has 2 saturated heterocycles. The Morgan fingerprint density at radius 1 is 1.30 bits per heavy atom. The van der Waals surface area contributed by atoms with Gasteiger partial charge in [0, 0.05) is 31.1 Å². The number of fused-ring (bicyclic) bond motifs is 1. The fraction of sp³-hybridized carbons (Fsp3) is 0.625. The van der Waals surface area contributed by atoms with E-state index in [0.717, 1.165) is 24.3 Å². The number of benzene rings is 1. The maximum Gasteiger partial charge on any atom is 0.146 e. The molecule has 0 radical (unpaired) electrons. The molecule has 2 aliphatic rings. The Morgan fingerprint density at radius 3 is 2.95 bits per heavy atom. The van der Waals surface area contributed by atoms with Crippen LogP contribution in [0.15, 0.2) is 18.2 Å². The summed E-state index contributed by atoms with van der Waals surface area (Å²) in [6, 6.07) is 6.14. The predicted molar refractivity (Wildman–Crippen MR) is 82.0 cm³/mol. The highest BCUT2D eigenvalue weighted by atomic mass is 35.5. The van der Waals surface area contributed by atoms with Gasteiger partial charge in [0.25, 0.3) is 0 Å². The summed E-state index contributed by atoms with van der Waals surface area (Å²) in [6.45, 7) is 5.34. The molecule has 0 spiro atoms. The number of piperidine rings is 1. The van der Waals surface area contributed by atoms with E-state index in [1.165, 1.54) is 25.8 Å². The number of nitrogens with zero attached hydrogens (tertiary/aromatic N) is 2. The molecule has 3 rings (SSSR count). The van der Waals surface area contributed by atoms with Crippen molar-refractivity contribution in [3.8, 4) is 0 Å². The van der Waals surface area contributed by atoms with Crippen molar-refractivity contribution < 1.29 is 4.39 Å². The van der Waals surface area contributed by atoms with Gasteiger partial charge in [-0.05, 0) is 37.9 Å². The van der Waals surface area contributed by atoms with Crippen molar-refractivity contribution in [2.75, 3.05) is 24.5 Å². The molecule has 1 aromatic carbocycles. The van der Waals surface area contributed by atoms with Crippen LogP contribution in [0.25, 0.3) is 0 Å². The van der Waals surface area contributed by atoms with E-state index in [2.05, 4.69) is 16.7 Å². The predicted octanol–water partition coefficient (Wildman–Crippen LogP) is 3.63. The number of halogens is 2. The lowest BCUT2D eigenvalue weighted by molar-refractivity contribution is 0.115. The van der Waals surface area contributed by atoms with Gasteiger partial charge in [0.1, 0.15) is 5.82 Å². The molecular formula is C16H22ClFN2. The summed E-state index contributed by atoms with van der Waals surface area (Å²) in [4.78, 5) is 4.81. The monoisotopic (exact) mass is 296 g/mol. The zero-order chi connectivity index (χ0) is 14.1. The third kappa shape index (κ3) is 2.53. The molecule has 2 aliphatic heterocycles. The van der Waals surface area contributed by atoms with Crippen LogP contribution >= 0.6 is 11.6 Å². The third-order valence-corrected chi connectivity index (χ3v) is 4.98. The molecule has 2 unspecified atom stereocenters. The number of hydrogen-bond acceptors (Lipinski definition) is 2. The third-order valence-electron chi connectivity index (χ3n) is 4.69. The van der Waals surface area contributed by atoms with Gasteiger partial charge in [0.2, 0.25) is 0 Å². The average molecular weight is 297 g/mol. The molecule has 1 aromatic rings. The molecule has 0 bridgehead atoms. The lowest BCUT2D eigenvalue weighted by atomic mass is 9.96. The Morgan fingerprint density at radius 2 is 2.15 bits per heavy atom. The van der Waals surface area contributed by atoms with Crippen molar-refractivity contribution in [1.29, 1.82) is 0 Å². The SMILES string of the molecule is CC1CN2CCCCC2CN1c1c(F)cccc1CCl. The molecular weight excluding hydrogens is 275 g/mol. The minimum Gasteiger partial charge on any atom is -0.363 e. The molecule has 0 saturated carbocycles. The van der Waals surface area contributed by atoms with Crippen LogP contribution in [0.2, 0.25) is 0 Å². The van der Waals surface area contributed by atoms with Crippen LogP contribution in [-0.4, -0.2) is 36.6 Å². The first-order chi connectivity index (χ1) is 9.70. The summed E-state index contributed by atoms with van der Waals surface area (Å²) >= 11 is 6.00. The standard InChI is InChI=1S/C16H22ClFN2/c1-12-10-19-8-3-2-6-14(19)11-20(12)16-13(9-17)5-4-7-15(16)18/h4-5,7,12,14H,2-3,6,8-11H2,1H3. The Balaban J connectivity index is 1.90. The van der Waals surface area contributed by atoms with Gasteiger partial charge in [-0.25, -0.2) is 4.39 Å². The zero-order valence-electron chi connectivity index (χ0n) is 12.0. The van der Waals surface area contributed by atoms with Gasteiger partial charge < -0.3 is 4.90 Å². The van der Waals surface area contributed by atoms with E-state index in [4.69, 9.17) is 11.6 Å². The molecule has 2 fully saturated rings. The van der Waals surface area contributed by atoms with Crippen molar-refractivity contribution in [2.45, 2.75) is 44.1 Å². The van der Waals surface area contributed by atoms with Gasteiger partial charge in [-0.15, -0.1) is 11.6 Å². The van der Waals surface area contributed by atoms with Crippen molar-refractivity contribution in [3.63, 3.8) is 0 Å². The van der Waals surface area contributed by atoms with Gasteiger partial charge >= 0.3 is 0 Å². The fourth-order valence-corrected chi connectivity index (χ4v) is 3.87. The van der Waals surface area contributed by atoms with Crippen molar-refractivity contribution in [3.05, 3.63) is 29.6 Å². The molecule has 20 heavy (non-hydrogen) atoms. The molecule has 4 heteroatoms. The average Bonchev–Trinajstić information content (AvgIpc) is 2.46. The largest absolute Gasteiger partial charge is 0.363 e. The summed E-state index contributed by atoms with van der Waals surface area (Å²) in [7, 11) is 0. The van der Waals surface area contributed by atoms with Gasteiger partial charge in [0.15, 0.2) is 0 Å². The van der Waals surface area contributed by atoms with Crippen molar-refractivity contribution in [1.82, 2.24) is 4.90 Å². The topological polar surface area (TPSA) is 6.48 Å². The molecule has 2 heterocycles. The Hall–Kier alpha value is -0.800. The van der Waals surface area contributed by atoms with Crippen molar-refractivity contribution in [2.24, 2.45) is 0 Å². The highest BCUT2D eigenvalue weighted by Crippen LogP contribution is 2.32. The van der Waals surface area contributed by atoms with Crippen LogP contribution in [0, 0.1) is 5.82 Å². The van der Waals surface area contributed by atoms with E-state index in [1.54, 1.807) is 12.1 Å². The summed E-state index contributed by atoms with van der Waals surface area (Å²) in [5.41, 5.74) is 1.63. The van der Waals surface area contributed by atoms with E-state index in [1.807, 2.05) is 6.07 Å². The summed E-state index contributed by atoms with van der Waals surface area (Å²) in [5, 5.41) is 0. The zero-order valence-corrected chi connectivity index (χ0v) is 12.7. The smallest absolute Gasteiger partial charge is 0.146 e. The second-order valence-corrected chi connectivity index (χ2v) is 6.29. The summed E-state index contributed by atoms with van der Waals surface area (Å²) < 4.78 is 14.3. The normalized spacial score (nSPS) is 27.4. The molecule has 110 valence electrons. The van der Waals surface area contributed by atoms with Gasteiger partial charge in [0.05, 0.1) is 5.69 Å². The highest BCUT2D eigenvalue weighted by molar-refractivity contribution is 6.17. The molecule has 0 amide bonds. The summed E-state index contributed by atoms with van der Waals surface area (Å²) in [5.74, 6) is 0.226. The van der Waals surface area contributed by atoms with Gasteiger partial charge in [-0.3, -0.25) is 4.90 Å². The molecule has 2 atom stereocenters. The molecule has 0 aromatic heterocycles. The maximum absolute atomic E-state index is 14.3. The van der Waals surface area contributed by atoms with Crippen LogP contribution in [-0.2, 0) is 5.88 Å². The maximum atomic E-state index is 14.3. The first kappa shape index (κ1) is 14.2. The highest BCUT2D eigenvalue weighted by Gasteiger charge is 2.34. The second-order valence-electron chi connectivity index (χ2n) is 6.03. The first-order valence-corrected chi connectivity index (χ1v) is 8.08. The lowest BCUT2D eigenvalue weighted by Gasteiger charge is -2.48. The Labute approximate surface area is 125 Å². The number of para-hydroxylation sites is 1. The molecule has 0 N–H and O–H groups in total. The fourth-order valence-electron chi connectivity index (χ4n) is 3.65.